The van der Waals surface area contributed by atoms with Crippen molar-refractivity contribution in [1.82, 2.24) is 9.69 Å². The van der Waals surface area contributed by atoms with Crippen molar-refractivity contribution in [2.75, 3.05) is 10.6 Å². The zero-order chi connectivity index (χ0) is 26.5. The van der Waals surface area contributed by atoms with Crippen LogP contribution in [0.25, 0.3) is 0 Å². The molecule has 0 bridgehead atoms. The molecule has 188 valence electrons. The van der Waals surface area contributed by atoms with Crippen LogP contribution in [0.5, 0.6) is 5.75 Å². The number of aryl methyl sites for hydroxylation is 1. The van der Waals surface area contributed by atoms with Gasteiger partial charge in [0.1, 0.15) is 16.7 Å². The summed E-state index contributed by atoms with van der Waals surface area (Å²) in [5.41, 5.74) is 13.6. The number of hydrogen-bond donors (Lipinski definition) is 4. The van der Waals surface area contributed by atoms with Crippen molar-refractivity contribution in [2.24, 2.45) is 5.73 Å². The van der Waals surface area contributed by atoms with Gasteiger partial charge in [0.15, 0.2) is 5.69 Å². The third kappa shape index (κ3) is 5.44. The molecule has 0 radical (unpaired) electrons. The van der Waals surface area contributed by atoms with Crippen LogP contribution in [0.3, 0.4) is 0 Å². The number of rotatable bonds is 8. The lowest BCUT2D eigenvalue weighted by Crippen LogP contribution is -2.44. The number of aromatic nitrogens is 1. The second-order valence-corrected chi connectivity index (χ2v) is 9.07. The smallest absolute Gasteiger partial charge is 0.273 e. The zero-order valence-electron chi connectivity index (χ0n) is 19.9. The highest BCUT2D eigenvalue weighted by Gasteiger charge is 2.36. The minimum atomic E-state index is -1.14. The zero-order valence-corrected chi connectivity index (χ0v) is 20.7. The Labute approximate surface area is 217 Å². The monoisotopic (exact) mass is 515 g/mol. The Morgan fingerprint density at radius 3 is 2.27 bits per heavy atom. The predicted octanol–water partition coefficient (Wildman–Crippen LogP) is 3.54. The number of amides is 3. The fourth-order valence-corrected chi connectivity index (χ4v) is 4.64. The van der Waals surface area contributed by atoms with Crippen LogP contribution in [0, 0.1) is 6.92 Å². The molecule has 6 N–H and O–H groups in total. The molecule has 9 nitrogen and oxygen atoms in total. The number of nitrogens with zero attached hydrogens (tertiary/aromatic N) is 2. The first-order valence-electron chi connectivity index (χ1n) is 11.3. The first-order valence-corrected chi connectivity index (χ1v) is 12.1. The van der Waals surface area contributed by atoms with Gasteiger partial charge in [0, 0.05) is 12.2 Å². The van der Waals surface area contributed by atoms with Crippen LogP contribution in [0.4, 0.5) is 11.4 Å². The lowest BCUT2D eigenvalue weighted by Gasteiger charge is -2.32. The largest absolute Gasteiger partial charge is 0.508 e. The van der Waals surface area contributed by atoms with Crippen molar-refractivity contribution in [2.45, 2.75) is 19.5 Å². The summed E-state index contributed by atoms with van der Waals surface area (Å²) in [6, 6.07) is 21.4. The van der Waals surface area contributed by atoms with E-state index in [9.17, 15) is 19.5 Å². The van der Waals surface area contributed by atoms with Gasteiger partial charge in [-0.2, -0.15) is 4.37 Å². The number of para-hydroxylation sites is 1. The van der Waals surface area contributed by atoms with Crippen molar-refractivity contribution in [3.05, 3.63) is 106 Å². The maximum absolute atomic E-state index is 14.0. The van der Waals surface area contributed by atoms with E-state index in [2.05, 4.69) is 9.69 Å². The Balaban J connectivity index is 1.84. The molecule has 0 aliphatic rings. The average molecular weight is 516 g/mol. The Morgan fingerprint density at radius 2 is 1.65 bits per heavy atom. The number of phenols is 1. The molecular weight excluding hydrogens is 490 g/mol. The number of carbonyl (C=O) groups is 3. The number of carbonyl (C=O) groups excluding carboxylic acids is 3. The number of primary amides is 1. The molecule has 1 heterocycles. The highest BCUT2D eigenvalue weighted by atomic mass is 32.1. The number of anilines is 2. The van der Waals surface area contributed by atoms with Gasteiger partial charge in [0.2, 0.25) is 5.91 Å². The van der Waals surface area contributed by atoms with Crippen LogP contribution in [-0.4, -0.2) is 27.2 Å². The topological polar surface area (TPSA) is 152 Å². The second-order valence-electron chi connectivity index (χ2n) is 8.30. The summed E-state index contributed by atoms with van der Waals surface area (Å²) < 4.78 is 3.96. The molecule has 4 rings (SSSR count). The molecule has 4 aromatic rings. The van der Waals surface area contributed by atoms with Crippen LogP contribution in [-0.2, 0) is 11.3 Å². The number of nitrogens with one attached hydrogen (secondary N) is 1. The summed E-state index contributed by atoms with van der Waals surface area (Å²) in [5.74, 6) is -1.92. The minimum Gasteiger partial charge on any atom is -0.508 e. The fraction of sp³-hybridized carbons (Fsp3) is 0.111. The summed E-state index contributed by atoms with van der Waals surface area (Å²) in [6.07, 6.45) is 0. The molecule has 0 aliphatic heterocycles. The molecule has 1 aromatic heterocycles. The van der Waals surface area contributed by atoms with Gasteiger partial charge in [0.25, 0.3) is 11.8 Å². The SMILES string of the molecule is Cc1ccccc1N(C(=O)c1snc(C(N)=O)c1N)C(C(=O)NCc1ccccc1)c1ccc(O)cc1. The fourth-order valence-electron chi connectivity index (χ4n) is 3.89. The predicted molar refractivity (Wildman–Crippen MR) is 142 cm³/mol. The number of nitrogens with two attached hydrogens (primary N) is 2. The third-order valence-electron chi connectivity index (χ3n) is 5.77. The van der Waals surface area contributed by atoms with Crippen molar-refractivity contribution >= 4 is 40.6 Å². The molecule has 0 fully saturated rings. The summed E-state index contributed by atoms with van der Waals surface area (Å²) >= 11 is 0.740. The van der Waals surface area contributed by atoms with E-state index < -0.39 is 23.8 Å². The summed E-state index contributed by atoms with van der Waals surface area (Å²) in [7, 11) is 0. The van der Waals surface area contributed by atoms with Crippen LogP contribution >= 0.6 is 11.5 Å². The van der Waals surface area contributed by atoms with E-state index in [4.69, 9.17) is 11.5 Å². The molecular formula is C27H25N5O4S. The quantitative estimate of drug-likeness (QED) is 0.282. The number of nitrogen functional groups attached to an aromatic ring is 1. The average Bonchev–Trinajstić information content (AvgIpc) is 3.29. The third-order valence-corrected chi connectivity index (χ3v) is 6.63. The lowest BCUT2D eigenvalue weighted by atomic mass is 10.0. The van der Waals surface area contributed by atoms with Gasteiger partial charge in [-0.25, -0.2) is 0 Å². The number of aromatic hydroxyl groups is 1. The van der Waals surface area contributed by atoms with Crippen LogP contribution < -0.4 is 21.7 Å². The van der Waals surface area contributed by atoms with Crippen molar-refractivity contribution < 1.29 is 19.5 Å². The summed E-state index contributed by atoms with van der Waals surface area (Å²) in [6.45, 7) is 2.05. The molecule has 0 saturated heterocycles. The first kappa shape index (κ1) is 25.4. The van der Waals surface area contributed by atoms with E-state index in [1.807, 2.05) is 49.4 Å². The molecule has 1 unspecified atom stereocenters. The standard InChI is InChI=1S/C27H25N5O4S/c1-16-7-5-6-10-20(16)32(27(36)24-21(28)22(25(29)34)31-37-24)23(18-11-13-19(33)14-12-18)26(35)30-15-17-8-3-2-4-9-17/h2-14,23,33H,15,28H2,1H3,(H2,29,34)(H,30,35). The van der Waals surface area contributed by atoms with E-state index in [-0.39, 0.29) is 28.6 Å². The summed E-state index contributed by atoms with van der Waals surface area (Å²) in [4.78, 5) is 40.9. The van der Waals surface area contributed by atoms with Crippen molar-refractivity contribution in [3.8, 4) is 5.75 Å². The summed E-state index contributed by atoms with van der Waals surface area (Å²) in [5, 5.41) is 12.8. The molecule has 0 saturated carbocycles. The molecule has 0 aliphatic carbocycles. The van der Waals surface area contributed by atoms with Crippen molar-refractivity contribution in [3.63, 3.8) is 0 Å². The van der Waals surface area contributed by atoms with Crippen LogP contribution in [0.15, 0.2) is 78.9 Å². The number of benzene rings is 3. The van der Waals surface area contributed by atoms with Gasteiger partial charge < -0.3 is 21.9 Å². The van der Waals surface area contributed by atoms with Gasteiger partial charge in [-0.3, -0.25) is 19.3 Å². The minimum absolute atomic E-state index is 0.0127. The maximum atomic E-state index is 14.0. The Morgan fingerprint density at radius 1 is 1.00 bits per heavy atom. The maximum Gasteiger partial charge on any atom is 0.273 e. The first-order chi connectivity index (χ1) is 17.8. The molecule has 0 spiro atoms. The van der Waals surface area contributed by atoms with Crippen LogP contribution in [0.2, 0.25) is 0 Å². The number of hydrogen-bond acceptors (Lipinski definition) is 7. The Kier molecular flexibility index (Phi) is 7.49. The molecule has 10 heteroatoms. The molecule has 1 atom stereocenters. The number of phenolic OH excluding ortho intramolecular Hbond substituents is 1. The second kappa shape index (κ2) is 10.9. The van der Waals surface area contributed by atoms with Gasteiger partial charge in [-0.05, 0) is 53.3 Å². The van der Waals surface area contributed by atoms with E-state index in [0.29, 0.717) is 11.3 Å². The highest BCUT2D eigenvalue weighted by molar-refractivity contribution is 7.09. The van der Waals surface area contributed by atoms with Gasteiger partial charge in [-0.1, -0.05) is 60.7 Å². The van der Waals surface area contributed by atoms with Gasteiger partial charge in [-0.15, -0.1) is 0 Å². The molecule has 3 amide bonds. The van der Waals surface area contributed by atoms with Gasteiger partial charge in [0.05, 0.1) is 5.69 Å². The van der Waals surface area contributed by atoms with Crippen LogP contribution in [0.1, 0.15) is 42.9 Å². The van der Waals surface area contributed by atoms with E-state index in [1.165, 1.54) is 17.0 Å². The van der Waals surface area contributed by atoms with Crippen molar-refractivity contribution in [1.29, 1.82) is 0 Å². The normalized spacial score (nSPS) is 11.5. The van der Waals surface area contributed by atoms with E-state index in [0.717, 1.165) is 22.7 Å². The van der Waals surface area contributed by atoms with E-state index >= 15 is 0 Å². The lowest BCUT2D eigenvalue weighted by molar-refractivity contribution is -0.122. The molecule has 3 aromatic carbocycles. The Bertz CT molecular complexity index is 1440. The highest BCUT2D eigenvalue weighted by Crippen LogP contribution is 2.35. The Hall–Kier alpha value is -4.70. The molecule has 37 heavy (non-hydrogen) atoms. The van der Waals surface area contributed by atoms with Gasteiger partial charge >= 0.3 is 0 Å². The van der Waals surface area contributed by atoms with E-state index in [1.54, 1.807) is 24.3 Å².